The number of rotatable bonds is 9. The first kappa shape index (κ1) is 25.7. The fourth-order valence-electron chi connectivity index (χ4n) is 3.31. The standard InChI is InChI=1S/C25H29N3O4S/c1-7-8-9-21(27-33(31,32)16(2)3)14-17(4)19-10-12-20(13-11-19)23-22(15-26)18(5)28(6)24(23)25(29)30/h7,9-14,16,27H,1,8H2,2-6H3,(H,29,30)/b17-14+,21-9?. The van der Waals surface area contributed by atoms with Crippen LogP contribution < -0.4 is 4.72 Å². The largest absolute Gasteiger partial charge is 0.477 e. The summed E-state index contributed by atoms with van der Waals surface area (Å²) in [5.41, 5.74) is 4.06. The highest BCUT2D eigenvalue weighted by Gasteiger charge is 2.24. The molecule has 7 nitrogen and oxygen atoms in total. The summed E-state index contributed by atoms with van der Waals surface area (Å²) in [6, 6.07) is 9.28. The minimum Gasteiger partial charge on any atom is -0.477 e. The number of nitrogens with zero attached hydrogens (tertiary/aromatic N) is 2. The lowest BCUT2D eigenvalue weighted by Crippen LogP contribution is -2.29. The van der Waals surface area contributed by atoms with Gasteiger partial charge in [0.15, 0.2) is 0 Å². The van der Waals surface area contributed by atoms with Crippen molar-refractivity contribution >= 4 is 21.6 Å². The molecular formula is C25H29N3O4S. The van der Waals surface area contributed by atoms with Gasteiger partial charge in [0.25, 0.3) is 0 Å². The Labute approximate surface area is 195 Å². The lowest BCUT2D eigenvalue weighted by atomic mass is 9.97. The van der Waals surface area contributed by atoms with Crippen molar-refractivity contribution in [3.8, 4) is 17.2 Å². The second-order valence-corrected chi connectivity index (χ2v) is 10.2. The van der Waals surface area contributed by atoms with Gasteiger partial charge >= 0.3 is 5.97 Å². The van der Waals surface area contributed by atoms with Gasteiger partial charge in [-0.25, -0.2) is 13.2 Å². The second-order valence-electron chi connectivity index (χ2n) is 7.94. The number of sulfonamides is 1. The van der Waals surface area contributed by atoms with Crippen molar-refractivity contribution in [1.29, 1.82) is 5.26 Å². The summed E-state index contributed by atoms with van der Waals surface area (Å²) in [7, 11) is -1.88. The molecule has 174 valence electrons. The molecule has 1 aromatic carbocycles. The van der Waals surface area contributed by atoms with Crippen LogP contribution in [0.25, 0.3) is 16.7 Å². The average Bonchev–Trinajstić information content (AvgIpc) is 3.01. The van der Waals surface area contributed by atoms with Crippen LogP contribution in [0.15, 0.2) is 54.8 Å². The predicted octanol–water partition coefficient (Wildman–Crippen LogP) is 4.76. The van der Waals surface area contributed by atoms with Crippen LogP contribution in [0, 0.1) is 18.3 Å². The van der Waals surface area contributed by atoms with Crippen LogP contribution in [0.4, 0.5) is 0 Å². The molecule has 1 aromatic heterocycles. The van der Waals surface area contributed by atoms with Gasteiger partial charge in [0, 0.05) is 24.0 Å². The number of nitriles is 1. The Bertz CT molecular complexity index is 1270. The van der Waals surface area contributed by atoms with E-state index >= 15 is 0 Å². The molecule has 0 fully saturated rings. The van der Waals surface area contributed by atoms with Crippen molar-refractivity contribution in [2.24, 2.45) is 7.05 Å². The topological polar surface area (TPSA) is 112 Å². The molecule has 2 N–H and O–H groups in total. The first-order valence-corrected chi connectivity index (χ1v) is 11.9. The number of benzene rings is 1. The predicted molar refractivity (Wildman–Crippen MR) is 131 cm³/mol. The van der Waals surface area contributed by atoms with E-state index < -0.39 is 21.2 Å². The second kappa shape index (κ2) is 10.4. The van der Waals surface area contributed by atoms with Gasteiger partial charge < -0.3 is 9.67 Å². The molecular weight excluding hydrogens is 438 g/mol. The molecule has 8 heteroatoms. The molecule has 0 spiro atoms. The van der Waals surface area contributed by atoms with E-state index in [1.807, 2.05) is 19.1 Å². The van der Waals surface area contributed by atoms with Crippen molar-refractivity contribution in [3.05, 3.63) is 77.3 Å². The van der Waals surface area contributed by atoms with E-state index in [4.69, 9.17) is 0 Å². The number of nitrogens with one attached hydrogen (secondary N) is 1. The quantitative estimate of drug-likeness (QED) is 0.408. The maximum atomic E-state index is 12.3. The molecule has 0 aliphatic rings. The molecule has 0 radical (unpaired) electrons. The van der Waals surface area contributed by atoms with Gasteiger partial charge in [0.1, 0.15) is 11.8 Å². The molecule has 0 saturated heterocycles. The monoisotopic (exact) mass is 467 g/mol. The normalized spacial score (nSPS) is 12.5. The molecule has 0 aliphatic carbocycles. The molecule has 0 amide bonds. The minimum absolute atomic E-state index is 0.0572. The summed E-state index contributed by atoms with van der Waals surface area (Å²) in [5.74, 6) is -1.10. The zero-order chi connectivity index (χ0) is 24.9. The SMILES string of the molecule is C=CCC=C(/C=C(\C)c1ccc(-c2c(C#N)c(C)n(C)c2C(=O)O)cc1)NS(=O)(=O)C(C)C. The fraction of sp³-hybridized carbons (Fsp3) is 0.280. The Morgan fingerprint density at radius 2 is 1.91 bits per heavy atom. The van der Waals surface area contributed by atoms with Gasteiger partial charge in [-0.2, -0.15) is 5.26 Å². The van der Waals surface area contributed by atoms with Crippen LogP contribution in [0.1, 0.15) is 54.5 Å². The number of carboxylic acid groups (broad SMARTS) is 1. The Kier molecular flexibility index (Phi) is 8.07. The van der Waals surface area contributed by atoms with Crippen LogP contribution >= 0.6 is 0 Å². The summed E-state index contributed by atoms with van der Waals surface area (Å²) in [6.07, 6.45) is 5.67. The molecule has 0 saturated carbocycles. The number of hydrogen-bond donors (Lipinski definition) is 2. The zero-order valence-corrected chi connectivity index (χ0v) is 20.3. The number of carbonyl (C=O) groups is 1. The first-order valence-electron chi connectivity index (χ1n) is 10.4. The van der Waals surface area contributed by atoms with Crippen LogP contribution in [0.5, 0.6) is 0 Å². The summed E-state index contributed by atoms with van der Waals surface area (Å²) in [6.45, 7) is 10.5. The average molecular weight is 468 g/mol. The summed E-state index contributed by atoms with van der Waals surface area (Å²) < 4.78 is 28.8. The van der Waals surface area contributed by atoms with Crippen LogP contribution in [-0.4, -0.2) is 29.3 Å². The Hall–Kier alpha value is -3.57. The number of aromatic carboxylic acids is 1. The molecule has 1 heterocycles. The van der Waals surface area contributed by atoms with Crippen LogP contribution in [0.2, 0.25) is 0 Å². The van der Waals surface area contributed by atoms with E-state index in [1.54, 1.807) is 58.2 Å². The van der Waals surface area contributed by atoms with Crippen molar-refractivity contribution < 1.29 is 18.3 Å². The van der Waals surface area contributed by atoms with Gasteiger partial charge in [-0.3, -0.25) is 4.72 Å². The third-order valence-corrected chi connectivity index (χ3v) is 7.15. The zero-order valence-electron chi connectivity index (χ0n) is 19.5. The van der Waals surface area contributed by atoms with E-state index in [1.165, 1.54) is 4.57 Å². The minimum atomic E-state index is -3.51. The lowest BCUT2D eigenvalue weighted by molar-refractivity contribution is 0.0687. The van der Waals surface area contributed by atoms with E-state index in [0.29, 0.717) is 34.5 Å². The van der Waals surface area contributed by atoms with Gasteiger partial charge in [-0.1, -0.05) is 36.4 Å². The Balaban J connectivity index is 2.49. The Morgan fingerprint density at radius 1 is 1.30 bits per heavy atom. The first-order chi connectivity index (χ1) is 15.4. The maximum absolute atomic E-state index is 12.3. The number of hydrogen-bond acceptors (Lipinski definition) is 4. The van der Waals surface area contributed by atoms with E-state index in [9.17, 15) is 23.6 Å². The van der Waals surface area contributed by atoms with E-state index in [0.717, 1.165) is 11.1 Å². The van der Waals surface area contributed by atoms with Crippen LogP contribution in [-0.2, 0) is 17.1 Å². The van der Waals surface area contributed by atoms with Crippen molar-refractivity contribution in [2.45, 2.75) is 39.4 Å². The van der Waals surface area contributed by atoms with Gasteiger partial charge in [0.05, 0.1) is 10.8 Å². The van der Waals surface area contributed by atoms with Crippen molar-refractivity contribution in [2.75, 3.05) is 0 Å². The molecule has 0 aliphatic heterocycles. The number of aromatic nitrogens is 1. The molecule has 0 bridgehead atoms. The number of carboxylic acids is 1. The Morgan fingerprint density at radius 3 is 2.39 bits per heavy atom. The van der Waals surface area contributed by atoms with E-state index in [2.05, 4.69) is 17.4 Å². The highest BCUT2D eigenvalue weighted by Crippen LogP contribution is 2.32. The summed E-state index contributed by atoms with van der Waals surface area (Å²) in [4.78, 5) is 11.8. The van der Waals surface area contributed by atoms with E-state index in [-0.39, 0.29) is 5.69 Å². The molecule has 2 aromatic rings. The van der Waals surface area contributed by atoms with Gasteiger partial charge in [-0.15, -0.1) is 6.58 Å². The fourth-order valence-corrected chi connectivity index (χ4v) is 4.02. The maximum Gasteiger partial charge on any atom is 0.353 e. The smallest absolute Gasteiger partial charge is 0.353 e. The molecule has 0 atom stereocenters. The summed E-state index contributed by atoms with van der Waals surface area (Å²) >= 11 is 0. The van der Waals surface area contributed by atoms with Crippen molar-refractivity contribution in [3.63, 3.8) is 0 Å². The molecule has 2 rings (SSSR count). The highest BCUT2D eigenvalue weighted by molar-refractivity contribution is 7.90. The highest BCUT2D eigenvalue weighted by atomic mass is 32.2. The molecule has 0 unspecified atom stereocenters. The molecule has 33 heavy (non-hydrogen) atoms. The van der Waals surface area contributed by atoms with Crippen LogP contribution in [0.3, 0.4) is 0 Å². The summed E-state index contributed by atoms with van der Waals surface area (Å²) in [5, 5.41) is 18.7. The third kappa shape index (κ3) is 5.62. The van der Waals surface area contributed by atoms with Gasteiger partial charge in [-0.05, 0) is 56.9 Å². The third-order valence-electron chi connectivity index (χ3n) is 5.39. The number of allylic oxidation sites excluding steroid dienone is 4. The lowest BCUT2D eigenvalue weighted by Gasteiger charge is -2.13. The van der Waals surface area contributed by atoms with Gasteiger partial charge in [0.2, 0.25) is 10.0 Å². The van der Waals surface area contributed by atoms with Crippen molar-refractivity contribution in [1.82, 2.24) is 9.29 Å².